The van der Waals surface area contributed by atoms with Gasteiger partial charge in [0.1, 0.15) is 5.69 Å². The summed E-state index contributed by atoms with van der Waals surface area (Å²) in [6.07, 6.45) is 1.97. The van der Waals surface area contributed by atoms with Gasteiger partial charge < -0.3 is 20.1 Å². The van der Waals surface area contributed by atoms with Crippen LogP contribution in [-0.4, -0.2) is 45.2 Å². The largest absolute Gasteiger partial charge is 0.394 e. The molecule has 1 amide bonds. The molecule has 0 saturated heterocycles. The van der Waals surface area contributed by atoms with E-state index in [2.05, 4.69) is 5.32 Å². The van der Waals surface area contributed by atoms with Crippen molar-refractivity contribution >= 4 is 11.7 Å². The molecule has 106 valence electrons. The molecule has 19 heavy (non-hydrogen) atoms. The predicted molar refractivity (Wildman–Crippen MR) is 70.1 cm³/mol. The second-order valence-electron chi connectivity index (χ2n) is 4.69. The van der Waals surface area contributed by atoms with E-state index >= 15 is 0 Å². The number of aromatic nitrogens is 1. The van der Waals surface area contributed by atoms with Crippen LogP contribution in [0.5, 0.6) is 0 Å². The molecule has 1 heterocycles. The van der Waals surface area contributed by atoms with Crippen LogP contribution in [-0.2, 0) is 7.05 Å². The van der Waals surface area contributed by atoms with Crippen molar-refractivity contribution < 1.29 is 19.8 Å². The molecule has 3 N–H and O–H groups in total. The lowest BCUT2D eigenvalue weighted by Gasteiger charge is -2.29. The van der Waals surface area contributed by atoms with Crippen LogP contribution in [0.2, 0.25) is 0 Å². The quantitative estimate of drug-likeness (QED) is 0.638. The molecule has 1 aromatic heterocycles. The molecule has 6 nitrogen and oxygen atoms in total. The number of amides is 1. The molecule has 1 rings (SSSR count). The average Bonchev–Trinajstić information content (AvgIpc) is 2.78. The Kier molecular flexibility index (Phi) is 4.85. The summed E-state index contributed by atoms with van der Waals surface area (Å²) < 4.78 is 1.54. The molecule has 0 bridgehead atoms. The van der Waals surface area contributed by atoms with E-state index in [4.69, 9.17) is 0 Å². The lowest BCUT2D eigenvalue weighted by molar-refractivity contribution is 0.0646. The van der Waals surface area contributed by atoms with Crippen LogP contribution in [0.15, 0.2) is 12.3 Å². The molecule has 0 spiro atoms. The first-order valence-electron chi connectivity index (χ1n) is 6.10. The molecule has 0 aliphatic heterocycles. The van der Waals surface area contributed by atoms with Crippen molar-refractivity contribution in [3.05, 3.63) is 23.5 Å². The highest BCUT2D eigenvalue weighted by Gasteiger charge is 2.29. The lowest BCUT2D eigenvalue weighted by Crippen LogP contribution is -2.54. The first-order valence-corrected chi connectivity index (χ1v) is 6.10. The third kappa shape index (κ3) is 3.21. The number of carbonyl (C=O) groups is 2. The Hall–Kier alpha value is -1.66. The van der Waals surface area contributed by atoms with E-state index in [-0.39, 0.29) is 19.0 Å². The minimum absolute atomic E-state index is 0.124. The molecule has 0 aliphatic rings. The van der Waals surface area contributed by atoms with Crippen molar-refractivity contribution in [2.75, 3.05) is 13.2 Å². The fourth-order valence-corrected chi connectivity index (χ4v) is 1.73. The number of ketones is 1. The molecule has 0 atom stereocenters. The molecule has 0 unspecified atom stereocenters. The van der Waals surface area contributed by atoms with Gasteiger partial charge in [0.2, 0.25) is 0 Å². The lowest BCUT2D eigenvalue weighted by atomic mass is 9.98. The molecule has 0 aromatic carbocycles. The zero-order valence-electron chi connectivity index (χ0n) is 11.4. The third-order valence-corrected chi connectivity index (χ3v) is 3.30. The monoisotopic (exact) mass is 268 g/mol. The summed E-state index contributed by atoms with van der Waals surface area (Å²) in [7, 11) is 1.66. The van der Waals surface area contributed by atoms with Crippen molar-refractivity contribution in [2.45, 2.75) is 25.8 Å². The van der Waals surface area contributed by atoms with Crippen LogP contribution in [0.3, 0.4) is 0 Å². The van der Waals surface area contributed by atoms with Crippen LogP contribution in [0.4, 0.5) is 0 Å². The van der Waals surface area contributed by atoms with E-state index in [9.17, 15) is 19.8 Å². The van der Waals surface area contributed by atoms with E-state index in [0.717, 1.165) is 0 Å². The minimum Gasteiger partial charge on any atom is -0.394 e. The summed E-state index contributed by atoms with van der Waals surface area (Å²) in [5, 5.41) is 21.2. The first kappa shape index (κ1) is 15.4. The highest BCUT2D eigenvalue weighted by Crippen LogP contribution is 2.13. The number of nitrogens with zero attached hydrogens (tertiary/aromatic N) is 1. The van der Waals surface area contributed by atoms with E-state index in [0.29, 0.717) is 17.7 Å². The minimum atomic E-state index is -1.04. The maximum Gasteiger partial charge on any atom is 0.268 e. The van der Waals surface area contributed by atoms with Crippen LogP contribution in [0.25, 0.3) is 0 Å². The number of aliphatic hydroxyl groups is 2. The molecular weight excluding hydrogens is 248 g/mol. The summed E-state index contributed by atoms with van der Waals surface area (Å²) >= 11 is 0. The van der Waals surface area contributed by atoms with Gasteiger partial charge in [-0.1, -0.05) is 6.92 Å². The molecule has 6 heteroatoms. The third-order valence-electron chi connectivity index (χ3n) is 3.30. The number of aryl methyl sites for hydroxylation is 1. The van der Waals surface area contributed by atoms with Gasteiger partial charge in [0.05, 0.1) is 18.8 Å². The summed E-state index contributed by atoms with van der Waals surface area (Å²) in [6, 6.07) is 1.49. The Balaban J connectivity index is 2.98. The number of hydrogen-bond donors (Lipinski definition) is 3. The van der Waals surface area contributed by atoms with Crippen LogP contribution in [0.1, 0.15) is 41.1 Å². The Bertz CT molecular complexity index is 467. The molecule has 0 radical (unpaired) electrons. The van der Waals surface area contributed by atoms with Crippen molar-refractivity contribution in [3.8, 4) is 0 Å². The zero-order chi connectivity index (χ0) is 14.6. The number of Topliss-reactive ketones (excluding diaryl/α,β-unsaturated/α-hetero) is 1. The molecule has 0 fully saturated rings. The van der Waals surface area contributed by atoms with Crippen molar-refractivity contribution in [1.29, 1.82) is 0 Å². The van der Waals surface area contributed by atoms with Crippen LogP contribution >= 0.6 is 0 Å². The van der Waals surface area contributed by atoms with E-state index in [1.54, 1.807) is 24.7 Å². The Morgan fingerprint density at radius 3 is 2.32 bits per heavy atom. The average molecular weight is 268 g/mol. The number of rotatable bonds is 6. The van der Waals surface area contributed by atoms with Gasteiger partial charge in [-0.05, 0) is 19.4 Å². The van der Waals surface area contributed by atoms with Crippen LogP contribution < -0.4 is 5.32 Å². The molecule has 1 aromatic rings. The number of aliphatic hydroxyl groups excluding tert-OH is 2. The molecule has 0 aliphatic carbocycles. The summed E-state index contributed by atoms with van der Waals surface area (Å²) in [4.78, 5) is 23.4. The van der Waals surface area contributed by atoms with Gasteiger partial charge in [-0.3, -0.25) is 9.59 Å². The highest BCUT2D eigenvalue weighted by atomic mass is 16.3. The summed E-state index contributed by atoms with van der Waals surface area (Å²) in [6.45, 7) is 2.49. The second kappa shape index (κ2) is 5.99. The van der Waals surface area contributed by atoms with Gasteiger partial charge >= 0.3 is 0 Å². The Morgan fingerprint density at radius 1 is 1.37 bits per heavy atom. The predicted octanol–water partition coefficient (Wildman–Crippen LogP) is 0.0909. The van der Waals surface area contributed by atoms with Gasteiger partial charge in [0.25, 0.3) is 5.91 Å². The molecule has 0 saturated carbocycles. The normalized spacial score (nSPS) is 11.4. The topological polar surface area (TPSA) is 91.6 Å². The summed E-state index contributed by atoms with van der Waals surface area (Å²) in [5.74, 6) is -0.555. The van der Waals surface area contributed by atoms with Gasteiger partial charge in [-0.2, -0.15) is 0 Å². The van der Waals surface area contributed by atoms with E-state index in [1.165, 1.54) is 13.0 Å². The Labute approximate surface area is 112 Å². The first-order chi connectivity index (χ1) is 8.89. The fourth-order valence-electron chi connectivity index (χ4n) is 1.73. The zero-order valence-corrected chi connectivity index (χ0v) is 11.4. The maximum atomic E-state index is 12.1. The van der Waals surface area contributed by atoms with Crippen LogP contribution in [0, 0.1) is 0 Å². The second-order valence-corrected chi connectivity index (χ2v) is 4.69. The Morgan fingerprint density at radius 2 is 1.95 bits per heavy atom. The number of carbonyl (C=O) groups excluding carboxylic acids is 2. The standard InChI is InChI=1S/C13H20N2O4/c1-4-13(7-16,8-17)14-12(19)11-5-10(9(2)18)6-15(11)3/h5-6,16-17H,4,7-8H2,1-3H3,(H,14,19). The number of hydrogen-bond acceptors (Lipinski definition) is 4. The fraction of sp³-hybridized carbons (Fsp3) is 0.538. The van der Waals surface area contributed by atoms with Crippen molar-refractivity contribution in [2.24, 2.45) is 7.05 Å². The van der Waals surface area contributed by atoms with E-state index in [1.807, 2.05) is 0 Å². The maximum absolute atomic E-state index is 12.1. The summed E-state index contributed by atoms with van der Waals surface area (Å²) in [5.41, 5.74) is -0.287. The SMILES string of the molecule is CCC(CO)(CO)NC(=O)c1cc(C(C)=O)cn1C. The van der Waals surface area contributed by atoms with E-state index < -0.39 is 11.4 Å². The molecular formula is C13H20N2O4. The van der Waals surface area contributed by atoms with Crippen molar-refractivity contribution in [1.82, 2.24) is 9.88 Å². The van der Waals surface area contributed by atoms with Crippen molar-refractivity contribution in [3.63, 3.8) is 0 Å². The van der Waals surface area contributed by atoms with Gasteiger partial charge in [0, 0.05) is 18.8 Å². The number of nitrogens with one attached hydrogen (secondary N) is 1. The smallest absolute Gasteiger partial charge is 0.268 e. The van der Waals surface area contributed by atoms with Gasteiger partial charge in [-0.15, -0.1) is 0 Å². The van der Waals surface area contributed by atoms with Gasteiger partial charge in [0.15, 0.2) is 5.78 Å². The van der Waals surface area contributed by atoms with Gasteiger partial charge in [-0.25, -0.2) is 0 Å². The highest BCUT2D eigenvalue weighted by molar-refractivity contribution is 5.99.